The number of benzene rings is 1. The summed E-state index contributed by atoms with van der Waals surface area (Å²) in [5.41, 5.74) is 1.20. The van der Waals surface area contributed by atoms with Gasteiger partial charge in [-0.15, -0.1) is 0 Å². The molecule has 1 fully saturated rings. The van der Waals surface area contributed by atoms with E-state index in [0.29, 0.717) is 24.2 Å². The molecule has 1 aliphatic heterocycles. The summed E-state index contributed by atoms with van der Waals surface area (Å²) in [7, 11) is 0. The third-order valence-corrected chi connectivity index (χ3v) is 4.64. The number of fused-ring (bicyclic) bond motifs is 1. The second kappa shape index (κ2) is 5.70. The highest BCUT2D eigenvalue weighted by Gasteiger charge is 2.47. The third-order valence-electron chi connectivity index (χ3n) is 4.64. The highest BCUT2D eigenvalue weighted by atomic mass is 19.1. The Morgan fingerprint density at radius 3 is 2.46 bits per heavy atom. The monoisotopic (exact) mass is 325 g/mol. The number of aromatic nitrogens is 2. The summed E-state index contributed by atoms with van der Waals surface area (Å²) in [5, 5.41) is 4.36. The van der Waals surface area contributed by atoms with E-state index in [1.54, 1.807) is 24.4 Å². The van der Waals surface area contributed by atoms with Crippen molar-refractivity contribution in [3.8, 4) is 5.69 Å². The predicted molar refractivity (Wildman–Crippen MR) is 84.4 cm³/mol. The number of amides is 2. The standard InChI is InChI=1S/C18H16FN3O2/c19-12-4-3-5-14(10-12)22-9-8-13(20-22)11-21-17(23)15-6-1-2-7-16(15)18(21)24/h1-5,8-10,15-16H,6-7,11H2/t15-,16+. The fraction of sp³-hybridized carbons (Fsp3) is 0.278. The smallest absolute Gasteiger partial charge is 0.233 e. The predicted octanol–water partition coefficient (Wildman–Crippen LogP) is 2.46. The highest BCUT2D eigenvalue weighted by Crippen LogP contribution is 2.35. The molecule has 122 valence electrons. The van der Waals surface area contributed by atoms with Crippen LogP contribution in [0.5, 0.6) is 0 Å². The fourth-order valence-corrected chi connectivity index (χ4v) is 3.40. The summed E-state index contributed by atoms with van der Waals surface area (Å²) in [6, 6.07) is 7.84. The lowest BCUT2D eigenvalue weighted by Gasteiger charge is -2.14. The zero-order chi connectivity index (χ0) is 16.7. The largest absolute Gasteiger partial charge is 0.276 e. The first-order chi connectivity index (χ1) is 11.6. The van der Waals surface area contributed by atoms with Gasteiger partial charge in [0.15, 0.2) is 0 Å². The third kappa shape index (κ3) is 2.44. The molecular weight excluding hydrogens is 309 g/mol. The lowest BCUT2D eigenvalue weighted by molar-refractivity contribution is -0.140. The maximum Gasteiger partial charge on any atom is 0.233 e. The van der Waals surface area contributed by atoms with Crippen LogP contribution in [-0.4, -0.2) is 26.5 Å². The molecule has 2 amide bonds. The van der Waals surface area contributed by atoms with Gasteiger partial charge in [0.05, 0.1) is 29.8 Å². The fourth-order valence-electron chi connectivity index (χ4n) is 3.40. The van der Waals surface area contributed by atoms with Gasteiger partial charge in [0.2, 0.25) is 11.8 Å². The second-order valence-electron chi connectivity index (χ2n) is 6.15. The zero-order valence-electron chi connectivity index (χ0n) is 12.9. The van der Waals surface area contributed by atoms with Gasteiger partial charge in [0.1, 0.15) is 5.82 Å². The first kappa shape index (κ1) is 14.8. The molecule has 1 saturated heterocycles. The van der Waals surface area contributed by atoms with Gasteiger partial charge in [-0.1, -0.05) is 18.2 Å². The van der Waals surface area contributed by atoms with E-state index in [2.05, 4.69) is 5.10 Å². The van der Waals surface area contributed by atoms with E-state index in [1.807, 2.05) is 12.2 Å². The molecule has 0 unspecified atom stereocenters. The molecule has 4 rings (SSSR count). The van der Waals surface area contributed by atoms with Crippen LogP contribution in [0.25, 0.3) is 5.69 Å². The normalized spacial score (nSPS) is 23.0. The van der Waals surface area contributed by atoms with Gasteiger partial charge >= 0.3 is 0 Å². The Morgan fingerprint density at radius 2 is 1.79 bits per heavy atom. The molecule has 0 spiro atoms. The first-order valence-electron chi connectivity index (χ1n) is 7.94. The van der Waals surface area contributed by atoms with Gasteiger partial charge in [-0.3, -0.25) is 14.5 Å². The number of hydrogen-bond acceptors (Lipinski definition) is 3. The zero-order valence-corrected chi connectivity index (χ0v) is 12.9. The van der Waals surface area contributed by atoms with E-state index in [4.69, 9.17) is 0 Å². The summed E-state index contributed by atoms with van der Waals surface area (Å²) in [6.07, 6.45) is 6.89. The van der Waals surface area contributed by atoms with Gasteiger partial charge in [0, 0.05) is 6.20 Å². The summed E-state index contributed by atoms with van der Waals surface area (Å²) in [4.78, 5) is 26.2. The average molecular weight is 325 g/mol. The van der Waals surface area contributed by atoms with E-state index < -0.39 is 0 Å². The number of carbonyl (C=O) groups excluding carboxylic acids is 2. The van der Waals surface area contributed by atoms with Crippen molar-refractivity contribution in [3.05, 3.63) is 60.2 Å². The molecule has 2 atom stereocenters. The molecule has 0 radical (unpaired) electrons. The summed E-state index contributed by atoms with van der Waals surface area (Å²) >= 11 is 0. The van der Waals surface area contributed by atoms with Crippen molar-refractivity contribution in [2.24, 2.45) is 11.8 Å². The van der Waals surface area contributed by atoms with Crippen LogP contribution in [0.3, 0.4) is 0 Å². The molecule has 0 bridgehead atoms. The van der Waals surface area contributed by atoms with E-state index >= 15 is 0 Å². The van der Waals surface area contributed by atoms with E-state index in [9.17, 15) is 14.0 Å². The van der Waals surface area contributed by atoms with Crippen LogP contribution >= 0.6 is 0 Å². The van der Waals surface area contributed by atoms with Crippen molar-refractivity contribution in [1.82, 2.24) is 14.7 Å². The maximum absolute atomic E-state index is 13.3. The maximum atomic E-state index is 13.3. The molecule has 2 aromatic rings. The molecule has 24 heavy (non-hydrogen) atoms. The number of rotatable bonds is 3. The molecule has 1 aliphatic carbocycles. The molecule has 1 aromatic carbocycles. The van der Waals surface area contributed by atoms with Gasteiger partial charge in [0.25, 0.3) is 0 Å². The van der Waals surface area contributed by atoms with Crippen LogP contribution in [-0.2, 0) is 16.1 Å². The molecule has 6 heteroatoms. The molecule has 0 N–H and O–H groups in total. The van der Waals surface area contributed by atoms with Gasteiger partial charge in [-0.25, -0.2) is 9.07 Å². The Hall–Kier alpha value is -2.76. The molecule has 2 aliphatic rings. The number of nitrogens with zero attached hydrogens (tertiary/aromatic N) is 3. The molecule has 5 nitrogen and oxygen atoms in total. The SMILES string of the molecule is O=C1[C@H]2CC=CC[C@H]2C(=O)N1Cc1ccn(-c2cccc(F)c2)n1. The quantitative estimate of drug-likeness (QED) is 0.643. The van der Waals surface area contributed by atoms with E-state index in [1.165, 1.54) is 21.7 Å². The van der Waals surface area contributed by atoms with Crippen molar-refractivity contribution in [1.29, 1.82) is 0 Å². The number of hydrogen-bond donors (Lipinski definition) is 0. The van der Waals surface area contributed by atoms with Gasteiger partial charge in [-0.2, -0.15) is 5.10 Å². The van der Waals surface area contributed by atoms with Crippen molar-refractivity contribution in [3.63, 3.8) is 0 Å². The average Bonchev–Trinajstić information content (AvgIpc) is 3.15. The van der Waals surface area contributed by atoms with E-state index in [-0.39, 0.29) is 36.0 Å². The van der Waals surface area contributed by atoms with Crippen LogP contribution in [0.15, 0.2) is 48.7 Å². The second-order valence-corrected chi connectivity index (χ2v) is 6.15. The van der Waals surface area contributed by atoms with Crippen LogP contribution in [0, 0.1) is 17.7 Å². The van der Waals surface area contributed by atoms with Gasteiger partial charge < -0.3 is 0 Å². The Balaban J connectivity index is 1.54. The van der Waals surface area contributed by atoms with Crippen LogP contribution in [0.2, 0.25) is 0 Å². The summed E-state index contributed by atoms with van der Waals surface area (Å²) < 4.78 is 14.9. The lowest BCUT2D eigenvalue weighted by Crippen LogP contribution is -2.30. The van der Waals surface area contributed by atoms with E-state index in [0.717, 1.165) is 0 Å². The van der Waals surface area contributed by atoms with Crippen molar-refractivity contribution < 1.29 is 14.0 Å². The minimum absolute atomic E-state index is 0.116. The van der Waals surface area contributed by atoms with Crippen molar-refractivity contribution in [2.45, 2.75) is 19.4 Å². The minimum Gasteiger partial charge on any atom is -0.276 e. The minimum atomic E-state index is -0.342. The molecular formula is C18H16FN3O2. The topological polar surface area (TPSA) is 55.2 Å². The number of likely N-dealkylation sites (tertiary alicyclic amines) is 1. The summed E-state index contributed by atoms with van der Waals surface area (Å²) in [5.74, 6) is -1.03. The Kier molecular flexibility index (Phi) is 3.52. The molecule has 1 aromatic heterocycles. The Bertz CT molecular complexity index is 816. The highest BCUT2D eigenvalue weighted by molar-refractivity contribution is 6.05. The first-order valence-corrected chi connectivity index (χ1v) is 7.94. The van der Waals surface area contributed by atoms with Gasteiger partial charge in [-0.05, 0) is 37.1 Å². The summed E-state index contributed by atoms with van der Waals surface area (Å²) in [6.45, 7) is 0.160. The number of imide groups is 1. The Labute approximate surface area is 138 Å². The lowest BCUT2D eigenvalue weighted by atomic mass is 9.85. The number of halogens is 1. The van der Waals surface area contributed by atoms with Crippen molar-refractivity contribution >= 4 is 11.8 Å². The number of carbonyl (C=O) groups is 2. The van der Waals surface area contributed by atoms with Crippen LogP contribution in [0.4, 0.5) is 4.39 Å². The molecule has 2 heterocycles. The number of allylic oxidation sites excluding steroid dienone is 2. The Morgan fingerprint density at radius 1 is 1.08 bits per heavy atom. The van der Waals surface area contributed by atoms with Crippen molar-refractivity contribution in [2.75, 3.05) is 0 Å². The van der Waals surface area contributed by atoms with Crippen LogP contribution < -0.4 is 0 Å². The molecule has 0 saturated carbocycles. The van der Waals surface area contributed by atoms with Crippen LogP contribution in [0.1, 0.15) is 18.5 Å².